The van der Waals surface area contributed by atoms with Crippen molar-refractivity contribution in [1.82, 2.24) is 0 Å². The normalized spacial score (nSPS) is 18.5. The third-order valence-corrected chi connectivity index (χ3v) is 6.34. The van der Waals surface area contributed by atoms with Crippen LogP contribution in [0.4, 0.5) is 11.4 Å². The highest BCUT2D eigenvalue weighted by atomic mass is 16.5. The number of nitrogens with zero attached hydrogens (tertiary/aromatic N) is 2. The standard InChI is InChI=1S/C24H32N2O3/c1-15-13-19(7-8-21(15)27-5)25-9-11-26(12-10-25)22-17(3)20-14-16(2)29-24(20)23(28-6)18(22)4/h7-8,13,16H,9-12,14H2,1-6H3. The van der Waals surface area contributed by atoms with E-state index >= 15 is 0 Å². The first-order valence-corrected chi connectivity index (χ1v) is 10.5. The summed E-state index contributed by atoms with van der Waals surface area (Å²) in [5.41, 5.74) is 7.61. The summed E-state index contributed by atoms with van der Waals surface area (Å²) in [6.45, 7) is 12.6. The van der Waals surface area contributed by atoms with E-state index < -0.39 is 0 Å². The average Bonchev–Trinajstić information content (AvgIpc) is 3.10. The van der Waals surface area contributed by atoms with Gasteiger partial charge in [0, 0.05) is 55.1 Å². The van der Waals surface area contributed by atoms with Crippen molar-refractivity contribution in [3.8, 4) is 17.2 Å². The molecule has 156 valence electrons. The number of hydrogen-bond acceptors (Lipinski definition) is 5. The fraction of sp³-hybridized carbons (Fsp3) is 0.500. The van der Waals surface area contributed by atoms with Gasteiger partial charge in [-0.25, -0.2) is 0 Å². The Kier molecular flexibility index (Phi) is 5.24. The zero-order valence-electron chi connectivity index (χ0n) is 18.5. The van der Waals surface area contributed by atoms with Crippen LogP contribution in [-0.2, 0) is 6.42 Å². The van der Waals surface area contributed by atoms with E-state index in [0.29, 0.717) is 0 Å². The number of methoxy groups -OCH3 is 2. The van der Waals surface area contributed by atoms with Gasteiger partial charge in [-0.05, 0) is 57.0 Å². The molecule has 0 aromatic heterocycles. The number of ether oxygens (including phenoxy) is 3. The predicted molar refractivity (Wildman–Crippen MR) is 118 cm³/mol. The molecule has 0 aliphatic carbocycles. The molecule has 4 rings (SSSR count). The molecule has 0 spiro atoms. The molecular weight excluding hydrogens is 364 g/mol. The maximum Gasteiger partial charge on any atom is 0.166 e. The number of fused-ring (bicyclic) bond motifs is 1. The molecule has 2 heterocycles. The predicted octanol–water partition coefficient (Wildman–Crippen LogP) is 4.28. The second kappa shape index (κ2) is 7.69. The van der Waals surface area contributed by atoms with Gasteiger partial charge >= 0.3 is 0 Å². The van der Waals surface area contributed by atoms with Crippen molar-refractivity contribution in [3.05, 3.63) is 40.5 Å². The van der Waals surface area contributed by atoms with E-state index in [1.807, 2.05) is 0 Å². The van der Waals surface area contributed by atoms with Crippen LogP contribution in [0.1, 0.15) is 29.2 Å². The Morgan fingerprint density at radius 2 is 1.62 bits per heavy atom. The van der Waals surface area contributed by atoms with Crippen LogP contribution in [0.3, 0.4) is 0 Å². The van der Waals surface area contributed by atoms with Gasteiger partial charge in [-0.1, -0.05) is 0 Å². The molecule has 2 aliphatic rings. The summed E-state index contributed by atoms with van der Waals surface area (Å²) in [5.74, 6) is 2.80. The first-order chi connectivity index (χ1) is 13.9. The molecule has 0 bridgehead atoms. The van der Waals surface area contributed by atoms with Crippen LogP contribution in [-0.4, -0.2) is 46.5 Å². The Balaban J connectivity index is 1.58. The van der Waals surface area contributed by atoms with Crippen LogP contribution in [0.25, 0.3) is 0 Å². The maximum atomic E-state index is 6.08. The van der Waals surface area contributed by atoms with Crippen LogP contribution < -0.4 is 24.0 Å². The molecule has 1 unspecified atom stereocenters. The van der Waals surface area contributed by atoms with E-state index in [1.165, 1.54) is 33.6 Å². The van der Waals surface area contributed by atoms with Gasteiger partial charge in [-0.3, -0.25) is 0 Å². The van der Waals surface area contributed by atoms with E-state index in [9.17, 15) is 0 Å². The van der Waals surface area contributed by atoms with Crippen LogP contribution in [0.5, 0.6) is 17.2 Å². The van der Waals surface area contributed by atoms with Crippen molar-refractivity contribution in [1.29, 1.82) is 0 Å². The molecule has 5 nitrogen and oxygen atoms in total. The smallest absolute Gasteiger partial charge is 0.166 e. The number of rotatable bonds is 4. The molecule has 0 amide bonds. The lowest BCUT2D eigenvalue weighted by atomic mass is 9.96. The van der Waals surface area contributed by atoms with Crippen molar-refractivity contribution in [2.75, 3.05) is 50.2 Å². The Hall–Kier alpha value is -2.56. The fourth-order valence-corrected chi connectivity index (χ4v) is 4.88. The molecule has 2 aromatic carbocycles. The zero-order valence-corrected chi connectivity index (χ0v) is 18.5. The Labute approximate surface area is 174 Å². The van der Waals surface area contributed by atoms with Crippen molar-refractivity contribution in [2.45, 2.75) is 40.2 Å². The molecule has 29 heavy (non-hydrogen) atoms. The molecule has 2 aliphatic heterocycles. The minimum Gasteiger partial charge on any atom is -0.496 e. The lowest BCUT2D eigenvalue weighted by Gasteiger charge is -2.39. The summed E-state index contributed by atoms with van der Waals surface area (Å²) in [4.78, 5) is 4.98. The van der Waals surface area contributed by atoms with Crippen LogP contribution in [0.15, 0.2) is 18.2 Å². The fourth-order valence-electron chi connectivity index (χ4n) is 4.88. The maximum absolute atomic E-state index is 6.08. The third-order valence-electron chi connectivity index (χ3n) is 6.34. The Morgan fingerprint density at radius 3 is 2.24 bits per heavy atom. The first-order valence-electron chi connectivity index (χ1n) is 10.5. The summed E-state index contributed by atoms with van der Waals surface area (Å²) in [5, 5.41) is 0. The minimum absolute atomic E-state index is 0.211. The number of hydrogen-bond donors (Lipinski definition) is 0. The monoisotopic (exact) mass is 396 g/mol. The highest BCUT2D eigenvalue weighted by Crippen LogP contribution is 2.47. The van der Waals surface area contributed by atoms with Crippen molar-refractivity contribution in [3.63, 3.8) is 0 Å². The molecule has 1 atom stereocenters. The van der Waals surface area contributed by atoms with Gasteiger partial charge < -0.3 is 24.0 Å². The second-order valence-corrected chi connectivity index (χ2v) is 8.20. The van der Waals surface area contributed by atoms with Gasteiger partial charge in [0.25, 0.3) is 0 Å². The second-order valence-electron chi connectivity index (χ2n) is 8.20. The summed E-state index contributed by atoms with van der Waals surface area (Å²) in [6, 6.07) is 6.45. The number of aryl methyl sites for hydroxylation is 1. The van der Waals surface area contributed by atoms with Crippen LogP contribution in [0, 0.1) is 20.8 Å². The van der Waals surface area contributed by atoms with Gasteiger partial charge in [0.2, 0.25) is 0 Å². The SMILES string of the molecule is COc1ccc(N2CCN(c3c(C)c4c(c(OC)c3C)OC(C)C4)CC2)cc1C. The van der Waals surface area contributed by atoms with Crippen molar-refractivity contribution in [2.24, 2.45) is 0 Å². The van der Waals surface area contributed by atoms with Gasteiger partial charge in [0.15, 0.2) is 11.5 Å². The number of piperazine rings is 1. The Bertz CT molecular complexity index is 917. The molecule has 0 N–H and O–H groups in total. The number of benzene rings is 2. The molecule has 5 heteroatoms. The molecule has 0 saturated carbocycles. The molecular formula is C24H32N2O3. The minimum atomic E-state index is 0.211. The molecule has 1 saturated heterocycles. The summed E-state index contributed by atoms with van der Waals surface area (Å²) < 4.78 is 17.3. The highest BCUT2D eigenvalue weighted by Gasteiger charge is 2.31. The molecule has 0 radical (unpaired) electrons. The highest BCUT2D eigenvalue weighted by molar-refractivity contribution is 5.73. The Morgan fingerprint density at radius 1 is 0.931 bits per heavy atom. The van der Waals surface area contributed by atoms with Crippen molar-refractivity contribution >= 4 is 11.4 Å². The topological polar surface area (TPSA) is 34.2 Å². The summed E-state index contributed by atoms with van der Waals surface area (Å²) in [6.07, 6.45) is 1.16. The van der Waals surface area contributed by atoms with Crippen molar-refractivity contribution < 1.29 is 14.2 Å². The van der Waals surface area contributed by atoms with Crippen LogP contribution in [0.2, 0.25) is 0 Å². The van der Waals surface area contributed by atoms with E-state index in [1.54, 1.807) is 14.2 Å². The molecule has 2 aromatic rings. The van der Waals surface area contributed by atoms with E-state index in [-0.39, 0.29) is 6.10 Å². The number of anilines is 2. The van der Waals surface area contributed by atoms with Gasteiger partial charge in [-0.2, -0.15) is 0 Å². The average molecular weight is 397 g/mol. The van der Waals surface area contributed by atoms with Gasteiger partial charge in [-0.15, -0.1) is 0 Å². The van der Waals surface area contributed by atoms with Gasteiger partial charge in [0.05, 0.1) is 14.2 Å². The van der Waals surface area contributed by atoms with E-state index in [4.69, 9.17) is 14.2 Å². The lowest BCUT2D eigenvalue weighted by molar-refractivity contribution is 0.243. The van der Waals surface area contributed by atoms with Gasteiger partial charge in [0.1, 0.15) is 11.9 Å². The molecule has 1 fully saturated rings. The largest absolute Gasteiger partial charge is 0.496 e. The van der Waals surface area contributed by atoms with E-state index in [2.05, 4.69) is 55.7 Å². The third kappa shape index (κ3) is 3.37. The quantitative estimate of drug-likeness (QED) is 0.771. The first kappa shape index (κ1) is 19.7. The lowest BCUT2D eigenvalue weighted by Crippen LogP contribution is -2.47. The summed E-state index contributed by atoms with van der Waals surface area (Å²) in [7, 11) is 3.47. The zero-order chi connectivity index (χ0) is 20.7. The van der Waals surface area contributed by atoms with E-state index in [0.717, 1.165) is 49.8 Å². The summed E-state index contributed by atoms with van der Waals surface area (Å²) >= 11 is 0. The van der Waals surface area contributed by atoms with Crippen LogP contribution >= 0.6 is 0 Å².